The second kappa shape index (κ2) is 9.54. The zero-order valence-corrected chi connectivity index (χ0v) is 15.8. The molecule has 4 heteroatoms. The molecule has 1 saturated carbocycles. The standard InChI is InChI=1S/C23H27FO3/c1-2-3-17-4-6-18(7-5-17)16-26-21-12-8-19(9-13-21)23(25)27-22-14-10-20(24)11-15-22/h8-15,17-18H,2-7,16H2,1H3/t17-,18-. The van der Waals surface area contributed by atoms with Gasteiger partial charge in [-0.15, -0.1) is 0 Å². The minimum atomic E-state index is -0.470. The average molecular weight is 370 g/mol. The van der Waals surface area contributed by atoms with Gasteiger partial charge in [0.25, 0.3) is 0 Å². The summed E-state index contributed by atoms with van der Waals surface area (Å²) in [6, 6.07) is 12.4. The first kappa shape index (κ1) is 19.4. The minimum Gasteiger partial charge on any atom is -0.493 e. The second-order valence-corrected chi connectivity index (χ2v) is 7.35. The number of carbonyl (C=O) groups excluding carboxylic acids is 1. The Labute approximate surface area is 160 Å². The third-order valence-electron chi connectivity index (χ3n) is 5.26. The lowest BCUT2D eigenvalue weighted by atomic mass is 9.80. The lowest BCUT2D eigenvalue weighted by molar-refractivity contribution is 0.0734. The molecule has 0 heterocycles. The summed E-state index contributed by atoms with van der Waals surface area (Å²) in [5, 5.41) is 0. The first-order valence-corrected chi connectivity index (χ1v) is 9.84. The molecule has 0 bridgehead atoms. The number of rotatable bonds is 7. The Hall–Kier alpha value is -2.36. The van der Waals surface area contributed by atoms with Crippen molar-refractivity contribution in [2.45, 2.75) is 45.4 Å². The van der Waals surface area contributed by atoms with Gasteiger partial charge in [-0.1, -0.05) is 32.6 Å². The molecule has 0 N–H and O–H groups in total. The molecule has 0 atom stereocenters. The Morgan fingerprint density at radius 1 is 0.926 bits per heavy atom. The zero-order chi connectivity index (χ0) is 19.1. The van der Waals surface area contributed by atoms with Crippen molar-refractivity contribution in [3.8, 4) is 11.5 Å². The SMILES string of the molecule is CCC[C@H]1CC[C@H](COc2ccc(C(=O)Oc3ccc(F)cc3)cc2)CC1. The van der Waals surface area contributed by atoms with Crippen LogP contribution in [0.4, 0.5) is 4.39 Å². The van der Waals surface area contributed by atoms with Crippen molar-refractivity contribution < 1.29 is 18.7 Å². The van der Waals surface area contributed by atoms with Crippen LogP contribution < -0.4 is 9.47 Å². The summed E-state index contributed by atoms with van der Waals surface area (Å²) >= 11 is 0. The van der Waals surface area contributed by atoms with Crippen LogP contribution in [0.5, 0.6) is 11.5 Å². The molecule has 1 aliphatic rings. The Morgan fingerprint density at radius 2 is 1.52 bits per heavy atom. The van der Waals surface area contributed by atoms with Crippen LogP contribution in [-0.4, -0.2) is 12.6 Å². The van der Waals surface area contributed by atoms with Crippen LogP contribution in [0.15, 0.2) is 48.5 Å². The molecule has 144 valence electrons. The van der Waals surface area contributed by atoms with Gasteiger partial charge in [0.05, 0.1) is 12.2 Å². The quantitative estimate of drug-likeness (QED) is 0.441. The third-order valence-corrected chi connectivity index (χ3v) is 5.26. The fourth-order valence-corrected chi connectivity index (χ4v) is 3.66. The molecular formula is C23H27FO3. The molecule has 1 aliphatic carbocycles. The van der Waals surface area contributed by atoms with Gasteiger partial charge >= 0.3 is 5.97 Å². The second-order valence-electron chi connectivity index (χ2n) is 7.35. The van der Waals surface area contributed by atoms with E-state index in [4.69, 9.17) is 9.47 Å². The zero-order valence-electron chi connectivity index (χ0n) is 15.8. The molecule has 2 aromatic carbocycles. The highest BCUT2D eigenvalue weighted by atomic mass is 19.1. The van der Waals surface area contributed by atoms with E-state index in [1.54, 1.807) is 24.3 Å². The Kier molecular flexibility index (Phi) is 6.86. The number of halogens is 1. The highest BCUT2D eigenvalue weighted by Gasteiger charge is 2.21. The van der Waals surface area contributed by atoms with Crippen LogP contribution >= 0.6 is 0 Å². The van der Waals surface area contributed by atoms with Crippen molar-refractivity contribution in [2.24, 2.45) is 11.8 Å². The number of hydrogen-bond acceptors (Lipinski definition) is 3. The molecule has 1 fully saturated rings. The fourth-order valence-electron chi connectivity index (χ4n) is 3.66. The lowest BCUT2D eigenvalue weighted by Crippen LogP contribution is -2.20. The number of carbonyl (C=O) groups is 1. The van der Waals surface area contributed by atoms with Crippen LogP contribution in [0, 0.1) is 17.7 Å². The first-order valence-electron chi connectivity index (χ1n) is 9.84. The van der Waals surface area contributed by atoms with E-state index in [0.717, 1.165) is 18.3 Å². The third kappa shape index (κ3) is 5.81. The van der Waals surface area contributed by atoms with E-state index in [0.29, 0.717) is 17.2 Å². The lowest BCUT2D eigenvalue weighted by Gasteiger charge is -2.28. The van der Waals surface area contributed by atoms with E-state index >= 15 is 0 Å². The maximum Gasteiger partial charge on any atom is 0.343 e. The predicted octanol–water partition coefficient (Wildman–Crippen LogP) is 6.03. The van der Waals surface area contributed by atoms with Gasteiger partial charge in [0.15, 0.2) is 0 Å². The number of ether oxygens (including phenoxy) is 2. The van der Waals surface area contributed by atoms with Gasteiger partial charge in [0.2, 0.25) is 0 Å². The Bertz CT molecular complexity index is 716. The summed E-state index contributed by atoms with van der Waals surface area (Å²) in [5.41, 5.74) is 0.437. The van der Waals surface area contributed by atoms with Crippen molar-refractivity contribution >= 4 is 5.97 Å². The van der Waals surface area contributed by atoms with Gasteiger partial charge in [-0.25, -0.2) is 9.18 Å². The number of hydrogen-bond donors (Lipinski definition) is 0. The van der Waals surface area contributed by atoms with Gasteiger partial charge in [-0.05, 0) is 73.2 Å². The number of benzene rings is 2. The highest BCUT2D eigenvalue weighted by Crippen LogP contribution is 2.31. The van der Waals surface area contributed by atoms with E-state index in [1.807, 2.05) is 0 Å². The summed E-state index contributed by atoms with van der Waals surface area (Å²) < 4.78 is 24.0. The Morgan fingerprint density at radius 3 is 2.15 bits per heavy atom. The monoisotopic (exact) mass is 370 g/mol. The summed E-state index contributed by atoms with van der Waals surface area (Å²) in [4.78, 5) is 12.1. The van der Waals surface area contributed by atoms with Gasteiger partial charge in [0.1, 0.15) is 17.3 Å². The van der Waals surface area contributed by atoms with E-state index in [2.05, 4.69) is 6.92 Å². The molecule has 0 spiro atoms. The Balaban J connectivity index is 1.46. The van der Waals surface area contributed by atoms with Crippen LogP contribution in [0.1, 0.15) is 55.8 Å². The smallest absolute Gasteiger partial charge is 0.343 e. The fraction of sp³-hybridized carbons (Fsp3) is 0.435. The molecule has 27 heavy (non-hydrogen) atoms. The van der Waals surface area contributed by atoms with Crippen LogP contribution in [0.3, 0.4) is 0 Å². The predicted molar refractivity (Wildman–Crippen MR) is 104 cm³/mol. The van der Waals surface area contributed by atoms with Crippen molar-refractivity contribution in [3.63, 3.8) is 0 Å². The van der Waals surface area contributed by atoms with Crippen molar-refractivity contribution in [3.05, 3.63) is 59.9 Å². The van der Waals surface area contributed by atoms with E-state index in [-0.39, 0.29) is 5.82 Å². The largest absolute Gasteiger partial charge is 0.493 e. The molecule has 2 aromatic rings. The maximum atomic E-state index is 12.9. The molecule has 0 amide bonds. The van der Waals surface area contributed by atoms with Gasteiger partial charge in [-0.3, -0.25) is 0 Å². The normalized spacial score (nSPS) is 19.5. The summed E-state index contributed by atoms with van der Waals surface area (Å²) in [6.45, 7) is 2.99. The maximum absolute atomic E-state index is 12.9. The average Bonchev–Trinajstić information content (AvgIpc) is 2.70. The molecule has 0 aliphatic heterocycles. The summed E-state index contributed by atoms with van der Waals surface area (Å²) in [5.74, 6) is 1.78. The summed E-state index contributed by atoms with van der Waals surface area (Å²) in [7, 11) is 0. The van der Waals surface area contributed by atoms with E-state index < -0.39 is 5.97 Å². The molecule has 3 rings (SSSR count). The van der Waals surface area contributed by atoms with Crippen molar-refractivity contribution in [1.29, 1.82) is 0 Å². The van der Waals surface area contributed by atoms with Crippen LogP contribution in [-0.2, 0) is 0 Å². The van der Waals surface area contributed by atoms with E-state index in [1.165, 1.54) is 62.8 Å². The molecular weight excluding hydrogens is 343 g/mol. The number of esters is 1. The van der Waals surface area contributed by atoms with Gasteiger partial charge in [0, 0.05) is 0 Å². The van der Waals surface area contributed by atoms with E-state index in [9.17, 15) is 9.18 Å². The highest BCUT2D eigenvalue weighted by molar-refractivity contribution is 5.91. The molecule has 0 aromatic heterocycles. The first-order chi connectivity index (χ1) is 13.1. The van der Waals surface area contributed by atoms with Crippen molar-refractivity contribution in [2.75, 3.05) is 6.61 Å². The molecule has 0 radical (unpaired) electrons. The summed E-state index contributed by atoms with van der Waals surface area (Å²) in [6.07, 6.45) is 7.75. The van der Waals surface area contributed by atoms with Crippen LogP contribution in [0.25, 0.3) is 0 Å². The minimum absolute atomic E-state index is 0.320. The van der Waals surface area contributed by atoms with Crippen LogP contribution in [0.2, 0.25) is 0 Å². The van der Waals surface area contributed by atoms with Gasteiger partial charge < -0.3 is 9.47 Å². The van der Waals surface area contributed by atoms with Gasteiger partial charge in [-0.2, -0.15) is 0 Å². The topological polar surface area (TPSA) is 35.5 Å². The molecule has 0 unspecified atom stereocenters. The molecule has 3 nitrogen and oxygen atoms in total. The molecule has 0 saturated heterocycles. The van der Waals surface area contributed by atoms with Crippen molar-refractivity contribution in [1.82, 2.24) is 0 Å².